The van der Waals surface area contributed by atoms with Crippen molar-refractivity contribution in [2.24, 2.45) is 10.9 Å². The number of fused-ring (bicyclic) bond motifs is 1. The lowest BCUT2D eigenvalue weighted by atomic mass is 9.81. The number of rotatable bonds is 7. The van der Waals surface area contributed by atoms with Gasteiger partial charge in [0.05, 0.1) is 38.5 Å². The van der Waals surface area contributed by atoms with Gasteiger partial charge in [0.2, 0.25) is 0 Å². The van der Waals surface area contributed by atoms with Crippen LogP contribution in [0.5, 0.6) is 0 Å². The van der Waals surface area contributed by atoms with Gasteiger partial charge in [0.25, 0.3) is 0 Å². The van der Waals surface area contributed by atoms with Gasteiger partial charge in [-0.2, -0.15) is 5.10 Å². The van der Waals surface area contributed by atoms with Crippen molar-refractivity contribution >= 4 is 29.1 Å². The SMILES string of the molecule is COC(=O)CCn1cc2c(n1)CCC(C1=C(C(=O)OC)C(c3ccc(F)cc3C)N=C(c3nccs3)N1)C2. The highest BCUT2D eigenvalue weighted by atomic mass is 32.1. The molecule has 5 rings (SSSR count). The van der Waals surface area contributed by atoms with Gasteiger partial charge in [-0.3, -0.25) is 14.5 Å². The zero-order valence-corrected chi connectivity index (χ0v) is 22.2. The first kappa shape index (κ1) is 25.8. The molecule has 1 aliphatic heterocycles. The van der Waals surface area contributed by atoms with Gasteiger partial charge in [0.1, 0.15) is 11.9 Å². The van der Waals surface area contributed by atoms with Gasteiger partial charge in [-0.15, -0.1) is 11.3 Å². The molecule has 0 fully saturated rings. The average molecular weight is 538 g/mol. The van der Waals surface area contributed by atoms with Crippen molar-refractivity contribution in [3.8, 4) is 0 Å². The van der Waals surface area contributed by atoms with Gasteiger partial charge in [-0.1, -0.05) is 6.07 Å². The number of amidine groups is 1. The molecule has 3 heterocycles. The van der Waals surface area contributed by atoms with Crippen LogP contribution in [0.15, 0.2) is 52.2 Å². The molecular weight excluding hydrogens is 509 g/mol. The monoisotopic (exact) mass is 537 g/mol. The Hall–Kier alpha value is -3.86. The van der Waals surface area contributed by atoms with Crippen LogP contribution in [0.4, 0.5) is 4.39 Å². The van der Waals surface area contributed by atoms with Crippen LogP contribution in [0, 0.1) is 18.7 Å². The Morgan fingerprint density at radius 1 is 1.26 bits per heavy atom. The Kier molecular flexibility index (Phi) is 7.37. The van der Waals surface area contributed by atoms with E-state index in [-0.39, 0.29) is 24.1 Å². The van der Waals surface area contributed by atoms with Crippen LogP contribution >= 0.6 is 11.3 Å². The van der Waals surface area contributed by atoms with Crippen LogP contribution in [0.2, 0.25) is 0 Å². The minimum atomic E-state index is -0.678. The van der Waals surface area contributed by atoms with E-state index in [4.69, 9.17) is 14.5 Å². The number of aliphatic imine (C=N–C) groups is 1. The summed E-state index contributed by atoms with van der Waals surface area (Å²) >= 11 is 1.44. The number of benzene rings is 1. The van der Waals surface area contributed by atoms with Crippen molar-refractivity contribution in [2.45, 2.75) is 45.2 Å². The lowest BCUT2D eigenvalue weighted by Crippen LogP contribution is -2.38. The van der Waals surface area contributed by atoms with Crippen molar-refractivity contribution in [3.63, 3.8) is 0 Å². The molecule has 38 heavy (non-hydrogen) atoms. The minimum absolute atomic E-state index is 0.0384. The topological polar surface area (TPSA) is 108 Å². The number of halogens is 1. The van der Waals surface area contributed by atoms with E-state index in [1.165, 1.54) is 37.7 Å². The van der Waals surface area contributed by atoms with Crippen molar-refractivity contribution in [1.82, 2.24) is 20.1 Å². The highest BCUT2D eigenvalue weighted by Gasteiger charge is 2.37. The molecule has 0 bridgehead atoms. The minimum Gasteiger partial charge on any atom is -0.469 e. The molecule has 1 N–H and O–H groups in total. The first-order valence-electron chi connectivity index (χ1n) is 12.3. The van der Waals surface area contributed by atoms with E-state index >= 15 is 0 Å². The number of carbonyl (C=O) groups excluding carboxylic acids is 2. The Morgan fingerprint density at radius 3 is 2.82 bits per heavy atom. The highest BCUT2D eigenvalue weighted by molar-refractivity contribution is 7.11. The molecule has 0 amide bonds. The molecular formula is C27H28FN5O4S. The lowest BCUT2D eigenvalue weighted by Gasteiger charge is -2.33. The average Bonchev–Trinajstić information content (AvgIpc) is 3.60. The van der Waals surface area contributed by atoms with Crippen molar-refractivity contribution in [2.75, 3.05) is 14.2 Å². The molecule has 1 aliphatic carbocycles. The van der Waals surface area contributed by atoms with Crippen molar-refractivity contribution in [3.05, 3.63) is 80.5 Å². The van der Waals surface area contributed by atoms with Gasteiger partial charge in [0, 0.05) is 29.4 Å². The van der Waals surface area contributed by atoms with Gasteiger partial charge in [0.15, 0.2) is 10.8 Å². The first-order valence-corrected chi connectivity index (χ1v) is 13.2. The van der Waals surface area contributed by atoms with Crippen LogP contribution < -0.4 is 5.32 Å². The number of thiazole rings is 1. The summed E-state index contributed by atoms with van der Waals surface area (Å²) in [7, 11) is 2.72. The summed E-state index contributed by atoms with van der Waals surface area (Å²) < 4.78 is 25.7. The molecule has 9 nitrogen and oxygen atoms in total. The van der Waals surface area contributed by atoms with Crippen molar-refractivity contribution < 1.29 is 23.5 Å². The third kappa shape index (κ3) is 5.10. The van der Waals surface area contributed by atoms with E-state index in [0.717, 1.165) is 35.4 Å². The molecule has 0 saturated carbocycles. The number of esters is 2. The predicted molar refractivity (Wildman–Crippen MR) is 139 cm³/mol. The van der Waals surface area contributed by atoms with E-state index in [9.17, 15) is 14.0 Å². The maximum absolute atomic E-state index is 14.0. The Morgan fingerprint density at radius 2 is 2.11 bits per heavy atom. The number of hydrogen-bond donors (Lipinski definition) is 1. The zero-order chi connectivity index (χ0) is 26.8. The van der Waals surface area contributed by atoms with E-state index in [0.29, 0.717) is 34.9 Å². The predicted octanol–water partition coefficient (Wildman–Crippen LogP) is 3.67. The van der Waals surface area contributed by atoms with Gasteiger partial charge < -0.3 is 14.8 Å². The van der Waals surface area contributed by atoms with Gasteiger partial charge in [-0.05, 0) is 55.0 Å². The maximum atomic E-state index is 14.0. The van der Waals surface area contributed by atoms with E-state index in [1.807, 2.05) is 18.5 Å². The quantitative estimate of drug-likeness (QED) is 0.458. The molecule has 2 aliphatic rings. The normalized spacial score (nSPS) is 18.9. The maximum Gasteiger partial charge on any atom is 0.338 e. The number of ether oxygens (including phenoxy) is 2. The van der Waals surface area contributed by atoms with Crippen LogP contribution in [0.25, 0.3) is 0 Å². The van der Waals surface area contributed by atoms with Crippen LogP contribution in [0.1, 0.15) is 46.3 Å². The number of nitrogens with zero attached hydrogens (tertiary/aromatic N) is 4. The molecule has 11 heteroatoms. The summed E-state index contributed by atoms with van der Waals surface area (Å²) in [4.78, 5) is 34.2. The number of aromatic nitrogens is 3. The number of carbonyl (C=O) groups is 2. The zero-order valence-electron chi connectivity index (χ0n) is 21.4. The second-order valence-electron chi connectivity index (χ2n) is 9.29. The fraction of sp³-hybridized carbons (Fsp3) is 0.370. The number of allylic oxidation sites excluding steroid dienone is 1. The van der Waals surface area contributed by atoms with E-state index in [1.54, 1.807) is 16.9 Å². The van der Waals surface area contributed by atoms with Crippen LogP contribution in [-0.4, -0.2) is 46.8 Å². The fourth-order valence-corrected chi connectivity index (χ4v) is 5.66. The second kappa shape index (κ2) is 10.9. The molecule has 2 aromatic heterocycles. The van der Waals surface area contributed by atoms with Crippen molar-refractivity contribution in [1.29, 1.82) is 0 Å². The highest BCUT2D eigenvalue weighted by Crippen LogP contribution is 2.39. The standard InChI is InChI=1S/C27H28FN5O4S/c1-15-12-18(28)5-6-19(15)24-22(27(35)37-3)23(30-25(31-24)26-29-9-11-38-26)16-4-7-20-17(13-16)14-33(32-20)10-8-21(34)36-2/h5-6,9,11-12,14,16,24H,4,7-8,10,13H2,1-3H3,(H,30,31). The molecule has 198 valence electrons. The van der Waals surface area contributed by atoms with Crippen LogP contribution in [0.3, 0.4) is 0 Å². The second-order valence-corrected chi connectivity index (χ2v) is 10.2. The summed E-state index contributed by atoms with van der Waals surface area (Å²) in [5.41, 5.74) is 4.62. The number of nitrogens with one attached hydrogen (secondary N) is 1. The summed E-state index contributed by atoms with van der Waals surface area (Å²) in [5, 5.41) is 10.6. The molecule has 1 aromatic carbocycles. The van der Waals surface area contributed by atoms with E-state index in [2.05, 4.69) is 15.4 Å². The summed E-state index contributed by atoms with van der Waals surface area (Å²) in [5.74, 6) is -0.592. The summed E-state index contributed by atoms with van der Waals surface area (Å²) in [6, 6.07) is 3.82. The first-order chi connectivity index (χ1) is 18.4. The number of methoxy groups -OCH3 is 2. The van der Waals surface area contributed by atoms with Crippen LogP contribution in [-0.2, 0) is 38.4 Å². The van der Waals surface area contributed by atoms with E-state index < -0.39 is 12.0 Å². The molecule has 3 aromatic rings. The number of aryl methyl sites for hydroxylation is 3. The fourth-order valence-electron chi connectivity index (χ4n) is 5.07. The Balaban J connectivity index is 1.54. The Bertz CT molecular complexity index is 1430. The third-order valence-electron chi connectivity index (χ3n) is 6.94. The summed E-state index contributed by atoms with van der Waals surface area (Å²) in [6.45, 7) is 2.24. The number of hydrogen-bond acceptors (Lipinski definition) is 9. The molecule has 2 unspecified atom stereocenters. The lowest BCUT2D eigenvalue weighted by molar-refractivity contribution is -0.141. The molecule has 0 saturated heterocycles. The third-order valence-corrected chi connectivity index (χ3v) is 7.72. The summed E-state index contributed by atoms with van der Waals surface area (Å²) in [6.07, 6.45) is 6.03. The largest absolute Gasteiger partial charge is 0.469 e. The Labute approximate surface area is 223 Å². The van der Waals surface area contributed by atoms with Gasteiger partial charge in [-0.25, -0.2) is 14.2 Å². The molecule has 0 spiro atoms. The molecule has 0 radical (unpaired) electrons. The smallest absolute Gasteiger partial charge is 0.338 e. The molecule has 2 atom stereocenters. The van der Waals surface area contributed by atoms with Gasteiger partial charge >= 0.3 is 11.9 Å².